The molecule has 0 aliphatic carbocycles. The lowest BCUT2D eigenvalue weighted by Gasteiger charge is -2.12. The summed E-state index contributed by atoms with van der Waals surface area (Å²) >= 11 is 3.72. The van der Waals surface area contributed by atoms with Gasteiger partial charge in [-0.2, -0.15) is 0 Å². The number of halogens is 1. The summed E-state index contributed by atoms with van der Waals surface area (Å²) in [5.74, 6) is 0.665. The molecule has 0 saturated carbocycles. The smallest absolute Gasteiger partial charge is 0.160 e. The maximum absolute atomic E-state index is 5.08. The fourth-order valence-electron chi connectivity index (χ4n) is 4.99. The predicted molar refractivity (Wildman–Crippen MR) is 170 cm³/mol. The Labute approximate surface area is 246 Å². The van der Waals surface area contributed by atoms with Crippen molar-refractivity contribution in [3.05, 3.63) is 144 Å². The van der Waals surface area contributed by atoms with Crippen LogP contribution < -0.4 is 0 Å². The molecule has 0 saturated heterocycles. The molecular formula is C36H23BrN4. The zero-order valence-electron chi connectivity index (χ0n) is 21.9. The number of nitrogens with zero attached hydrogens (tertiary/aromatic N) is 4. The van der Waals surface area contributed by atoms with E-state index in [1.807, 2.05) is 42.7 Å². The number of rotatable bonds is 5. The zero-order chi connectivity index (χ0) is 27.6. The average molecular weight is 592 g/mol. The van der Waals surface area contributed by atoms with Gasteiger partial charge in [-0.15, -0.1) is 0 Å². The largest absolute Gasteiger partial charge is 0.264 e. The fourth-order valence-corrected chi connectivity index (χ4v) is 5.48. The molecule has 3 heterocycles. The van der Waals surface area contributed by atoms with Crippen molar-refractivity contribution in [3.63, 3.8) is 0 Å². The van der Waals surface area contributed by atoms with Gasteiger partial charge in [-0.1, -0.05) is 82.7 Å². The first-order chi connectivity index (χ1) is 20.2. The van der Waals surface area contributed by atoms with Crippen LogP contribution in [0.25, 0.3) is 67.1 Å². The minimum Gasteiger partial charge on any atom is -0.264 e. The minimum atomic E-state index is 0.665. The molecule has 41 heavy (non-hydrogen) atoms. The highest BCUT2D eigenvalue weighted by molar-refractivity contribution is 9.10. The number of pyridine rings is 2. The molecule has 0 unspecified atom stereocenters. The third-order valence-corrected chi connectivity index (χ3v) is 7.52. The Bertz CT molecular complexity index is 1990. The molecule has 0 radical (unpaired) electrons. The number of aromatic nitrogens is 4. The molecule has 4 nitrogen and oxygen atoms in total. The Morgan fingerprint density at radius 3 is 1.95 bits per heavy atom. The first-order valence-electron chi connectivity index (χ1n) is 13.3. The zero-order valence-corrected chi connectivity index (χ0v) is 23.5. The Hall–Kier alpha value is -5.00. The van der Waals surface area contributed by atoms with E-state index in [9.17, 15) is 0 Å². The van der Waals surface area contributed by atoms with Gasteiger partial charge >= 0.3 is 0 Å². The van der Waals surface area contributed by atoms with Crippen LogP contribution in [-0.4, -0.2) is 19.9 Å². The molecule has 0 atom stereocenters. The van der Waals surface area contributed by atoms with E-state index in [1.165, 1.54) is 11.1 Å². The van der Waals surface area contributed by atoms with E-state index in [2.05, 4.69) is 117 Å². The summed E-state index contributed by atoms with van der Waals surface area (Å²) in [6.07, 6.45) is 5.47. The van der Waals surface area contributed by atoms with Crippen LogP contribution in [-0.2, 0) is 0 Å². The lowest BCUT2D eigenvalue weighted by molar-refractivity contribution is 1.18. The molecule has 5 heteroatoms. The molecule has 0 N–H and O–H groups in total. The highest BCUT2D eigenvalue weighted by Crippen LogP contribution is 2.33. The molecule has 0 aliphatic rings. The quantitative estimate of drug-likeness (QED) is 0.200. The van der Waals surface area contributed by atoms with Gasteiger partial charge in [-0.25, -0.2) is 9.97 Å². The summed E-state index contributed by atoms with van der Waals surface area (Å²) in [6, 6.07) is 41.6. The van der Waals surface area contributed by atoms with E-state index in [1.54, 1.807) is 6.20 Å². The normalized spacial score (nSPS) is 11.0. The molecule has 0 aliphatic heterocycles. The average Bonchev–Trinajstić information content (AvgIpc) is 3.05. The Morgan fingerprint density at radius 1 is 0.463 bits per heavy atom. The first-order valence-corrected chi connectivity index (χ1v) is 14.1. The number of hydrogen-bond acceptors (Lipinski definition) is 4. The van der Waals surface area contributed by atoms with Crippen molar-refractivity contribution in [1.82, 2.24) is 19.9 Å². The molecule has 0 bridgehead atoms. The Morgan fingerprint density at radius 2 is 1.15 bits per heavy atom. The van der Waals surface area contributed by atoms with Crippen molar-refractivity contribution in [1.29, 1.82) is 0 Å². The van der Waals surface area contributed by atoms with Gasteiger partial charge in [0.05, 0.1) is 16.9 Å². The number of fused-ring (bicyclic) bond motifs is 1. The molecule has 4 aromatic carbocycles. The third kappa shape index (κ3) is 5.28. The van der Waals surface area contributed by atoms with Gasteiger partial charge in [0, 0.05) is 50.7 Å². The van der Waals surface area contributed by atoms with E-state index in [4.69, 9.17) is 9.97 Å². The van der Waals surface area contributed by atoms with Crippen LogP contribution in [0.5, 0.6) is 0 Å². The molecule has 0 fully saturated rings. The van der Waals surface area contributed by atoms with Gasteiger partial charge in [0.15, 0.2) is 5.82 Å². The molecule has 7 rings (SSSR count). The van der Waals surface area contributed by atoms with Crippen LogP contribution in [0.3, 0.4) is 0 Å². The summed E-state index contributed by atoms with van der Waals surface area (Å²) in [7, 11) is 0. The lowest BCUT2D eigenvalue weighted by Crippen LogP contribution is -1.96. The van der Waals surface area contributed by atoms with Crippen LogP contribution in [0.2, 0.25) is 0 Å². The first kappa shape index (κ1) is 25.0. The highest BCUT2D eigenvalue weighted by atomic mass is 79.9. The summed E-state index contributed by atoms with van der Waals surface area (Å²) < 4.78 is 0.972. The van der Waals surface area contributed by atoms with Crippen LogP contribution in [0.1, 0.15) is 0 Å². The van der Waals surface area contributed by atoms with E-state index >= 15 is 0 Å². The fraction of sp³-hybridized carbons (Fsp3) is 0. The van der Waals surface area contributed by atoms with Crippen molar-refractivity contribution in [3.8, 4) is 56.2 Å². The maximum atomic E-state index is 5.08. The molecule has 3 aromatic heterocycles. The molecule has 194 valence electrons. The summed E-state index contributed by atoms with van der Waals surface area (Å²) in [6.45, 7) is 0. The van der Waals surface area contributed by atoms with E-state index in [0.717, 1.165) is 54.6 Å². The topological polar surface area (TPSA) is 51.6 Å². The predicted octanol–water partition coefficient (Wildman–Crippen LogP) is 9.52. The van der Waals surface area contributed by atoms with Gasteiger partial charge < -0.3 is 0 Å². The van der Waals surface area contributed by atoms with Gasteiger partial charge in [-0.3, -0.25) is 9.97 Å². The number of hydrogen-bond donors (Lipinski definition) is 0. The summed E-state index contributed by atoms with van der Waals surface area (Å²) in [5, 5.41) is 1.05. The maximum Gasteiger partial charge on any atom is 0.160 e. The molecule has 0 amide bonds. The minimum absolute atomic E-state index is 0.665. The SMILES string of the molecule is Brc1cc(-c2cccnc2)cc(-c2cc(-c3ccc(-c4ccccc4)cc3)nc(-c3ccc4ncccc4c3)n2)c1. The van der Waals surface area contributed by atoms with Crippen molar-refractivity contribution in [2.45, 2.75) is 0 Å². The highest BCUT2D eigenvalue weighted by Gasteiger charge is 2.13. The third-order valence-electron chi connectivity index (χ3n) is 7.06. The summed E-state index contributed by atoms with van der Waals surface area (Å²) in [5.41, 5.74) is 10.1. The van der Waals surface area contributed by atoms with Crippen LogP contribution >= 0.6 is 15.9 Å². The summed E-state index contributed by atoms with van der Waals surface area (Å²) in [4.78, 5) is 18.9. The van der Waals surface area contributed by atoms with Crippen molar-refractivity contribution in [2.24, 2.45) is 0 Å². The Kier molecular flexibility index (Phi) is 6.63. The van der Waals surface area contributed by atoms with Gasteiger partial charge in [0.1, 0.15) is 0 Å². The van der Waals surface area contributed by atoms with E-state index in [-0.39, 0.29) is 0 Å². The van der Waals surface area contributed by atoms with E-state index in [0.29, 0.717) is 5.82 Å². The standard InChI is InChI=1S/C36H23BrN4/c37-32-20-30(29-9-4-16-38-23-29)19-31(21-32)35-22-34(26-12-10-25(11-13-26)24-6-2-1-3-7-24)40-36(41-35)28-14-15-33-27(18-28)8-5-17-39-33/h1-23H. The monoisotopic (exact) mass is 590 g/mol. The second kappa shape index (κ2) is 10.9. The van der Waals surface area contributed by atoms with Crippen molar-refractivity contribution in [2.75, 3.05) is 0 Å². The van der Waals surface area contributed by atoms with Gasteiger partial charge in [-0.05, 0) is 71.3 Å². The van der Waals surface area contributed by atoms with Gasteiger partial charge in [0.25, 0.3) is 0 Å². The van der Waals surface area contributed by atoms with Crippen LogP contribution in [0, 0.1) is 0 Å². The lowest BCUT2D eigenvalue weighted by atomic mass is 10.00. The van der Waals surface area contributed by atoms with Crippen LogP contribution in [0.4, 0.5) is 0 Å². The molecule has 7 aromatic rings. The second-order valence-corrected chi connectivity index (χ2v) is 10.7. The molecular weight excluding hydrogens is 568 g/mol. The molecule has 0 spiro atoms. The van der Waals surface area contributed by atoms with Crippen molar-refractivity contribution >= 4 is 26.8 Å². The number of benzene rings is 4. The van der Waals surface area contributed by atoms with Crippen molar-refractivity contribution < 1.29 is 0 Å². The van der Waals surface area contributed by atoms with E-state index < -0.39 is 0 Å². The van der Waals surface area contributed by atoms with Gasteiger partial charge in [0.2, 0.25) is 0 Å². The Balaban J connectivity index is 1.38. The van der Waals surface area contributed by atoms with Crippen LogP contribution in [0.15, 0.2) is 144 Å². The second-order valence-electron chi connectivity index (χ2n) is 9.79.